The van der Waals surface area contributed by atoms with Crippen LogP contribution in [0, 0.1) is 5.92 Å². The van der Waals surface area contributed by atoms with Gasteiger partial charge in [0.2, 0.25) is 0 Å². The van der Waals surface area contributed by atoms with Crippen molar-refractivity contribution in [3.63, 3.8) is 0 Å². The molecule has 1 atom stereocenters. The van der Waals surface area contributed by atoms with Gasteiger partial charge in [0, 0.05) is 13.2 Å². The Kier molecular flexibility index (Phi) is 4.14. The van der Waals surface area contributed by atoms with Gasteiger partial charge in [0.1, 0.15) is 0 Å². The molecule has 1 aromatic heterocycles. The van der Waals surface area contributed by atoms with E-state index in [1.165, 1.54) is 18.5 Å². The Balaban J connectivity index is 2.86. The first kappa shape index (κ1) is 11.2. The number of aryl methyl sites for hydroxylation is 1. The van der Waals surface area contributed by atoms with Crippen molar-refractivity contribution in [2.75, 3.05) is 7.05 Å². The van der Waals surface area contributed by atoms with Crippen LogP contribution in [0.1, 0.15) is 38.4 Å². The fourth-order valence-electron chi connectivity index (χ4n) is 2.07. The molecule has 80 valence electrons. The van der Waals surface area contributed by atoms with Gasteiger partial charge in [-0.2, -0.15) is 5.10 Å². The van der Waals surface area contributed by atoms with Crippen molar-refractivity contribution in [2.45, 2.75) is 32.7 Å². The molecular weight excluding hydrogens is 174 g/mol. The summed E-state index contributed by atoms with van der Waals surface area (Å²) in [6.07, 6.45) is 4.27. The van der Waals surface area contributed by atoms with Gasteiger partial charge in [-0.15, -0.1) is 0 Å². The van der Waals surface area contributed by atoms with Crippen LogP contribution in [-0.2, 0) is 7.05 Å². The van der Waals surface area contributed by atoms with Gasteiger partial charge in [-0.05, 0) is 19.0 Å². The van der Waals surface area contributed by atoms with Gasteiger partial charge in [-0.3, -0.25) is 4.68 Å². The van der Waals surface area contributed by atoms with Crippen molar-refractivity contribution in [3.8, 4) is 0 Å². The predicted molar refractivity (Wildman–Crippen MR) is 59.1 cm³/mol. The molecule has 0 bridgehead atoms. The third-order valence-electron chi connectivity index (χ3n) is 3.01. The highest BCUT2D eigenvalue weighted by Gasteiger charge is 2.20. The summed E-state index contributed by atoms with van der Waals surface area (Å²) >= 11 is 0. The van der Waals surface area contributed by atoms with Crippen molar-refractivity contribution < 1.29 is 0 Å². The number of aromatic nitrogens is 2. The first-order chi connectivity index (χ1) is 6.74. The molecule has 1 heterocycles. The molecule has 1 rings (SSSR count). The third kappa shape index (κ3) is 2.15. The normalized spacial score (nSPS) is 13.5. The zero-order valence-corrected chi connectivity index (χ0v) is 9.62. The molecule has 0 aliphatic heterocycles. The minimum Gasteiger partial charge on any atom is -0.311 e. The molecule has 14 heavy (non-hydrogen) atoms. The van der Waals surface area contributed by atoms with Gasteiger partial charge in [0.15, 0.2) is 0 Å². The molecule has 0 aliphatic carbocycles. The molecule has 1 unspecified atom stereocenters. The molecule has 1 N–H and O–H groups in total. The molecule has 0 aliphatic rings. The lowest BCUT2D eigenvalue weighted by Gasteiger charge is -2.24. The highest BCUT2D eigenvalue weighted by Crippen LogP contribution is 2.26. The molecule has 3 nitrogen and oxygen atoms in total. The van der Waals surface area contributed by atoms with E-state index in [0.717, 1.165) is 0 Å². The van der Waals surface area contributed by atoms with Gasteiger partial charge >= 0.3 is 0 Å². The smallest absolute Gasteiger partial charge is 0.0553 e. The Morgan fingerprint density at radius 3 is 2.43 bits per heavy atom. The molecule has 0 amide bonds. The fourth-order valence-corrected chi connectivity index (χ4v) is 2.07. The summed E-state index contributed by atoms with van der Waals surface area (Å²) in [5, 5.41) is 7.60. The summed E-state index contributed by atoms with van der Waals surface area (Å²) in [6.45, 7) is 4.49. The summed E-state index contributed by atoms with van der Waals surface area (Å²) < 4.78 is 1.96. The summed E-state index contributed by atoms with van der Waals surface area (Å²) in [6, 6.07) is 2.52. The SMILES string of the molecule is CCC(CC)C(NC)c1ccnn1C. The molecule has 3 heteroatoms. The van der Waals surface area contributed by atoms with E-state index in [9.17, 15) is 0 Å². The highest BCUT2D eigenvalue weighted by atomic mass is 15.3. The van der Waals surface area contributed by atoms with Crippen LogP contribution in [0.3, 0.4) is 0 Å². The topological polar surface area (TPSA) is 29.9 Å². The Morgan fingerprint density at radius 1 is 1.43 bits per heavy atom. The lowest BCUT2D eigenvalue weighted by molar-refractivity contribution is 0.344. The average molecular weight is 195 g/mol. The van der Waals surface area contributed by atoms with Gasteiger partial charge < -0.3 is 5.32 Å². The second-order valence-corrected chi connectivity index (χ2v) is 3.72. The van der Waals surface area contributed by atoms with Crippen LogP contribution in [0.4, 0.5) is 0 Å². The van der Waals surface area contributed by atoms with Gasteiger partial charge in [-0.25, -0.2) is 0 Å². The molecule has 0 spiro atoms. The van der Waals surface area contributed by atoms with E-state index in [1.807, 2.05) is 25.0 Å². The number of nitrogens with zero attached hydrogens (tertiary/aromatic N) is 2. The van der Waals surface area contributed by atoms with E-state index in [4.69, 9.17) is 0 Å². The van der Waals surface area contributed by atoms with Crippen LogP contribution in [0.25, 0.3) is 0 Å². The number of nitrogens with one attached hydrogen (secondary N) is 1. The summed E-state index contributed by atoms with van der Waals surface area (Å²) in [7, 11) is 4.03. The first-order valence-electron chi connectivity index (χ1n) is 5.39. The van der Waals surface area contributed by atoms with E-state index in [0.29, 0.717) is 12.0 Å². The van der Waals surface area contributed by atoms with Crippen LogP contribution < -0.4 is 5.32 Å². The molecule has 0 saturated heterocycles. The quantitative estimate of drug-likeness (QED) is 0.780. The van der Waals surface area contributed by atoms with Gasteiger partial charge in [0.05, 0.1) is 11.7 Å². The maximum absolute atomic E-state index is 4.21. The number of hydrogen-bond donors (Lipinski definition) is 1. The lowest BCUT2D eigenvalue weighted by Crippen LogP contribution is -2.26. The van der Waals surface area contributed by atoms with E-state index >= 15 is 0 Å². The Bertz CT molecular complexity index is 263. The van der Waals surface area contributed by atoms with Gasteiger partial charge in [-0.1, -0.05) is 26.7 Å². The minimum absolute atomic E-state index is 0.428. The largest absolute Gasteiger partial charge is 0.311 e. The molecular formula is C11H21N3. The van der Waals surface area contributed by atoms with Crippen molar-refractivity contribution in [3.05, 3.63) is 18.0 Å². The van der Waals surface area contributed by atoms with Crippen LogP contribution in [0.15, 0.2) is 12.3 Å². The summed E-state index contributed by atoms with van der Waals surface area (Å²) in [4.78, 5) is 0. The minimum atomic E-state index is 0.428. The Labute approximate surface area is 86.5 Å². The predicted octanol–water partition coefficient (Wildman–Crippen LogP) is 2.12. The van der Waals surface area contributed by atoms with Crippen LogP contribution in [-0.4, -0.2) is 16.8 Å². The maximum atomic E-state index is 4.21. The van der Waals surface area contributed by atoms with E-state index in [-0.39, 0.29) is 0 Å². The molecule has 0 fully saturated rings. The lowest BCUT2D eigenvalue weighted by atomic mass is 9.92. The van der Waals surface area contributed by atoms with Crippen LogP contribution >= 0.6 is 0 Å². The Morgan fingerprint density at radius 2 is 2.07 bits per heavy atom. The standard InChI is InChI=1S/C11H21N3/c1-5-9(6-2)11(12-3)10-7-8-13-14(10)4/h7-9,11-12H,5-6H2,1-4H3. The summed E-state index contributed by atoms with van der Waals surface area (Å²) in [5.41, 5.74) is 1.28. The molecule has 0 saturated carbocycles. The third-order valence-corrected chi connectivity index (χ3v) is 3.01. The van der Waals surface area contributed by atoms with E-state index < -0.39 is 0 Å². The van der Waals surface area contributed by atoms with E-state index in [2.05, 4.69) is 30.3 Å². The molecule has 0 radical (unpaired) electrons. The van der Waals surface area contributed by atoms with E-state index in [1.54, 1.807) is 0 Å². The maximum Gasteiger partial charge on any atom is 0.0553 e. The second kappa shape index (κ2) is 5.15. The highest BCUT2D eigenvalue weighted by molar-refractivity contribution is 5.07. The van der Waals surface area contributed by atoms with Gasteiger partial charge in [0.25, 0.3) is 0 Å². The van der Waals surface area contributed by atoms with Crippen molar-refractivity contribution in [1.82, 2.24) is 15.1 Å². The molecule has 1 aromatic rings. The van der Waals surface area contributed by atoms with Crippen molar-refractivity contribution in [1.29, 1.82) is 0 Å². The zero-order valence-electron chi connectivity index (χ0n) is 9.62. The number of rotatable bonds is 5. The number of hydrogen-bond acceptors (Lipinski definition) is 2. The monoisotopic (exact) mass is 195 g/mol. The van der Waals surface area contributed by atoms with Crippen LogP contribution in [0.2, 0.25) is 0 Å². The first-order valence-corrected chi connectivity index (χ1v) is 5.39. The fraction of sp³-hybridized carbons (Fsp3) is 0.727. The van der Waals surface area contributed by atoms with Crippen LogP contribution in [0.5, 0.6) is 0 Å². The Hall–Kier alpha value is -0.830. The average Bonchev–Trinajstić information content (AvgIpc) is 2.61. The van der Waals surface area contributed by atoms with Crippen molar-refractivity contribution in [2.24, 2.45) is 13.0 Å². The second-order valence-electron chi connectivity index (χ2n) is 3.72. The summed E-state index contributed by atoms with van der Waals surface area (Å²) in [5.74, 6) is 0.690. The zero-order chi connectivity index (χ0) is 10.6. The molecule has 0 aromatic carbocycles. The van der Waals surface area contributed by atoms with Crippen molar-refractivity contribution >= 4 is 0 Å².